The van der Waals surface area contributed by atoms with Crippen LogP contribution in [0.4, 0.5) is 18.9 Å². The molecule has 0 unspecified atom stereocenters. The Morgan fingerprint density at radius 2 is 1.54 bits per heavy atom. The molecule has 220 valence electrons. The zero-order valence-electron chi connectivity index (χ0n) is 22.9. The van der Waals surface area contributed by atoms with Gasteiger partial charge in [0.2, 0.25) is 11.8 Å². The van der Waals surface area contributed by atoms with E-state index in [1.807, 2.05) is 0 Å². The molecule has 3 aromatic carbocycles. The number of alkyl halides is 3. The monoisotopic (exact) mass is 609 g/mol. The Labute approximate surface area is 243 Å². The van der Waals surface area contributed by atoms with Crippen LogP contribution in [0.15, 0.2) is 83.8 Å². The maximum atomic E-state index is 13.9. The van der Waals surface area contributed by atoms with E-state index in [1.54, 1.807) is 51.1 Å². The number of rotatable bonds is 9. The molecule has 7 nitrogen and oxygen atoms in total. The minimum atomic E-state index is -4.75. The molecule has 1 atom stereocenters. The van der Waals surface area contributed by atoms with Crippen LogP contribution < -0.4 is 9.62 Å². The largest absolute Gasteiger partial charge is 0.416 e. The van der Waals surface area contributed by atoms with E-state index in [9.17, 15) is 31.2 Å². The predicted molar refractivity (Wildman–Crippen MR) is 152 cm³/mol. The fraction of sp³-hybridized carbons (Fsp3) is 0.310. The maximum Gasteiger partial charge on any atom is 0.416 e. The number of amides is 2. The molecule has 0 bridgehead atoms. The highest BCUT2D eigenvalue weighted by molar-refractivity contribution is 7.92. The number of sulfonamides is 1. The molecule has 3 aromatic rings. The summed E-state index contributed by atoms with van der Waals surface area (Å²) in [7, 11) is -4.50. The molecule has 0 heterocycles. The van der Waals surface area contributed by atoms with Crippen LogP contribution in [0, 0.1) is 0 Å². The van der Waals surface area contributed by atoms with Gasteiger partial charge in [-0.15, -0.1) is 0 Å². The van der Waals surface area contributed by atoms with Crippen molar-refractivity contribution in [3.05, 3.63) is 95.0 Å². The van der Waals surface area contributed by atoms with E-state index in [1.165, 1.54) is 42.2 Å². The SMILES string of the molecule is C[C@@H](C(=O)NC(C)(C)C)N(Cc1ccc(Cl)cc1)C(=O)CN(c1cccc(C(F)(F)F)c1)S(=O)(=O)c1ccccc1. The van der Waals surface area contributed by atoms with Crippen LogP contribution >= 0.6 is 11.6 Å². The van der Waals surface area contributed by atoms with Gasteiger partial charge in [-0.25, -0.2) is 8.42 Å². The minimum Gasteiger partial charge on any atom is -0.350 e. The first-order chi connectivity index (χ1) is 19.0. The second kappa shape index (κ2) is 12.5. The number of benzene rings is 3. The molecule has 3 rings (SSSR count). The van der Waals surface area contributed by atoms with Crippen molar-refractivity contribution in [2.24, 2.45) is 0 Å². The molecule has 0 spiro atoms. The molecule has 12 heteroatoms. The Balaban J connectivity index is 2.08. The highest BCUT2D eigenvalue weighted by atomic mass is 35.5. The van der Waals surface area contributed by atoms with Gasteiger partial charge in [-0.1, -0.05) is 48.0 Å². The van der Waals surface area contributed by atoms with E-state index in [-0.39, 0.29) is 17.1 Å². The van der Waals surface area contributed by atoms with Crippen LogP contribution in [0.1, 0.15) is 38.8 Å². The van der Waals surface area contributed by atoms with Gasteiger partial charge in [0.15, 0.2) is 0 Å². The van der Waals surface area contributed by atoms with Crippen LogP contribution in [-0.2, 0) is 32.3 Å². The fourth-order valence-corrected chi connectivity index (χ4v) is 5.48. The highest BCUT2D eigenvalue weighted by Gasteiger charge is 2.35. The zero-order chi connectivity index (χ0) is 30.6. The van der Waals surface area contributed by atoms with Crippen LogP contribution in [0.25, 0.3) is 0 Å². The number of carbonyl (C=O) groups excluding carboxylic acids is 2. The standard InChI is InChI=1S/C29H31ClF3N3O4S/c1-20(27(38)34-28(2,3)4)35(18-21-13-15-23(30)16-14-21)26(37)19-36(41(39,40)25-11-6-5-7-12-25)24-10-8-9-22(17-24)29(31,32)33/h5-17,20H,18-19H2,1-4H3,(H,34,38)/t20-/m0/s1. The Bertz CT molecular complexity index is 1480. The minimum absolute atomic E-state index is 0.0868. The average Bonchev–Trinajstić information content (AvgIpc) is 2.90. The Morgan fingerprint density at radius 1 is 0.927 bits per heavy atom. The second-order valence-electron chi connectivity index (χ2n) is 10.4. The first kappa shape index (κ1) is 32.0. The second-order valence-corrected chi connectivity index (χ2v) is 12.7. The summed E-state index contributed by atoms with van der Waals surface area (Å²) in [5.74, 6) is -1.29. The van der Waals surface area contributed by atoms with Gasteiger partial charge in [0.05, 0.1) is 16.1 Å². The lowest BCUT2D eigenvalue weighted by Crippen LogP contribution is -2.54. The fourth-order valence-electron chi connectivity index (χ4n) is 3.93. The van der Waals surface area contributed by atoms with E-state index in [0.717, 1.165) is 12.1 Å². The van der Waals surface area contributed by atoms with E-state index in [0.29, 0.717) is 21.0 Å². The Morgan fingerprint density at radius 3 is 2.10 bits per heavy atom. The van der Waals surface area contributed by atoms with E-state index < -0.39 is 51.7 Å². The summed E-state index contributed by atoms with van der Waals surface area (Å²) < 4.78 is 68.7. The molecule has 0 aromatic heterocycles. The number of nitrogens with one attached hydrogen (secondary N) is 1. The quantitative estimate of drug-likeness (QED) is 0.328. The van der Waals surface area contributed by atoms with Crippen LogP contribution in [-0.4, -0.2) is 43.3 Å². The number of carbonyl (C=O) groups is 2. The predicted octanol–water partition coefficient (Wildman–Crippen LogP) is 5.89. The molecule has 0 aliphatic rings. The average molecular weight is 610 g/mol. The molecular formula is C29H31ClF3N3O4S. The molecule has 0 radical (unpaired) electrons. The van der Waals surface area contributed by atoms with Crippen LogP contribution in [0.2, 0.25) is 5.02 Å². The summed E-state index contributed by atoms with van der Waals surface area (Å²) in [4.78, 5) is 27.9. The number of nitrogens with zero attached hydrogens (tertiary/aromatic N) is 2. The van der Waals surface area contributed by atoms with E-state index >= 15 is 0 Å². The van der Waals surface area contributed by atoms with Crippen molar-refractivity contribution in [3.8, 4) is 0 Å². The lowest BCUT2D eigenvalue weighted by atomic mass is 10.1. The summed E-state index contributed by atoms with van der Waals surface area (Å²) >= 11 is 5.99. The number of anilines is 1. The van der Waals surface area contributed by atoms with Crippen molar-refractivity contribution in [1.82, 2.24) is 10.2 Å². The number of hydrogen-bond acceptors (Lipinski definition) is 4. The van der Waals surface area contributed by atoms with E-state index in [2.05, 4.69) is 5.32 Å². The summed E-state index contributed by atoms with van der Waals surface area (Å²) in [5.41, 5.74) is -1.45. The van der Waals surface area contributed by atoms with Gasteiger partial charge in [0, 0.05) is 17.1 Å². The summed E-state index contributed by atoms with van der Waals surface area (Å²) in [6.45, 7) is 5.85. The number of hydrogen-bond donors (Lipinski definition) is 1. The molecular weight excluding hydrogens is 579 g/mol. The van der Waals surface area contributed by atoms with Gasteiger partial charge >= 0.3 is 6.18 Å². The van der Waals surface area contributed by atoms with Crippen molar-refractivity contribution in [1.29, 1.82) is 0 Å². The summed E-state index contributed by atoms with van der Waals surface area (Å²) in [6, 6.07) is 16.3. The number of halogens is 4. The molecule has 0 fully saturated rings. The molecule has 0 saturated heterocycles. The summed E-state index contributed by atoms with van der Waals surface area (Å²) in [6.07, 6.45) is -4.75. The third-order valence-corrected chi connectivity index (χ3v) is 8.04. The molecule has 1 N–H and O–H groups in total. The van der Waals surface area contributed by atoms with Gasteiger partial charge in [0.25, 0.3) is 10.0 Å². The zero-order valence-corrected chi connectivity index (χ0v) is 24.5. The van der Waals surface area contributed by atoms with E-state index in [4.69, 9.17) is 11.6 Å². The maximum absolute atomic E-state index is 13.9. The third kappa shape index (κ3) is 8.46. The summed E-state index contributed by atoms with van der Waals surface area (Å²) in [5, 5.41) is 3.26. The first-order valence-corrected chi connectivity index (χ1v) is 14.4. The van der Waals surface area contributed by atoms with Gasteiger partial charge in [-0.05, 0) is 75.7 Å². The van der Waals surface area contributed by atoms with Gasteiger partial charge < -0.3 is 10.2 Å². The lowest BCUT2D eigenvalue weighted by Gasteiger charge is -2.33. The molecule has 0 aliphatic carbocycles. The highest BCUT2D eigenvalue weighted by Crippen LogP contribution is 2.33. The van der Waals surface area contributed by atoms with Crippen molar-refractivity contribution in [2.75, 3.05) is 10.8 Å². The van der Waals surface area contributed by atoms with Crippen molar-refractivity contribution >= 4 is 39.1 Å². The van der Waals surface area contributed by atoms with Crippen molar-refractivity contribution in [2.45, 2.75) is 56.9 Å². The van der Waals surface area contributed by atoms with Crippen molar-refractivity contribution < 1.29 is 31.2 Å². The molecule has 0 aliphatic heterocycles. The normalized spacial score (nSPS) is 12.9. The van der Waals surface area contributed by atoms with Crippen LogP contribution in [0.5, 0.6) is 0 Å². The molecule has 41 heavy (non-hydrogen) atoms. The molecule has 0 saturated carbocycles. The third-order valence-electron chi connectivity index (χ3n) is 6.00. The first-order valence-electron chi connectivity index (χ1n) is 12.6. The lowest BCUT2D eigenvalue weighted by molar-refractivity contribution is -0.140. The smallest absolute Gasteiger partial charge is 0.350 e. The Hall–Kier alpha value is -3.57. The Kier molecular flexibility index (Phi) is 9.76. The van der Waals surface area contributed by atoms with Crippen LogP contribution in [0.3, 0.4) is 0 Å². The van der Waals surface area contributed by atoms with Gasteiger partial charge in [-0.2, -0.15) is 13.2 Å². The van der Waals surface area contributed by atoms with Crippen molar-refractivity contribution in [3.63, 3.8) is 0 Å². The van der Waals surface area contributed by atoms with Gasteiger partial charge in [-0.3, -0.25) is 13.9 Å². The topological polar surface area (TPSA) is 86.8 Å². The van der Waals surface area contributed by atoms with Gasteiger partial charge in [0.1, 0.15) is 12.6 Å². The molecule has 2 amide bonds.